The van der Waals surface area contributed by atoms with E-state index in [4.69, 9.17) is 10.3 Å². The maximum Gasteiger partial charge on any atom is 0.276 e. The van der Waals surface area contributed by atoms with Crippen LogP contribution in [0.5, 0.6) is 5.75 Å². The molecule has 94 valence electrons. The number of benzene rings is 1. The van der Waals surface area contributed by atoms with E-state index >= 15 is 0 Å². The summed E-state index contributed by atoms with van der Waals surface area (Å²) in [4.78, 5) is 8.33. The highest BCUT2D eigenvalue weighted by atomic mass is 16.5. The monoisotopic (exact) mass is 254 g/mol. The third kappa shape index (κ3) is 2.23. The van der Waals surface area contributed by atoms with Gasteiger partial charge in [-0.2, -0.15) is 4.98 Å². The van der Waals surface area contributed by atoms with Crippen molar-refractivity contribution in [2.45, 2.75) is 0 Å². The molecule has 2 heterocycles. The minimum absolute atomic E-state index is 0.148. The number of nitrogen functional groups attached to an aromatic ring is 1. The van der Waals surface area contributed by atoms with Crippen LogP contribution in [0.15, 0.2) is 47.1 Å². The zero-order valence-electron chi connectivity index (χ0n) is 9.82. The van der Waals surface area contributed by atoms with Gasteiger partial charge in [-0.3, -0.25) is 0 Å². The van der Waals surface area contributed by atoms with E-state index in [1.54, 1.807) is 36.4 Å². The number of hydrogen-bond acceptors (Lipinski definition) is 6. The van der Waals surface area contributed by atoms with Gasteiger partial charge in [0.1, 0.15) is 11.4 Å². The molecule has 2 aromatic heterocycles. The smallest absolute Gasteiger partial charge is 0.276 e. The summed E-state index contributed by atoms with van der Waals surface area (Å²) >= 11 is 0. The van der Waals surface area contributed by atoms with Gasteiger partial charge in [0.2, 0.25) is 5.82 Å². The lowest BCUT2D eigenvalue weighted by molar-refractivity contribution is 0.431. The number of rotatable bonds is 2. The van der Waals surface area contributed by atoms with Crippen molar-refractivity contribution in [1.29, 1.82) is 0 Å². The topological polar surface area (TPSA) is 98.1 Å². The summed E-state index contributed by atoms with van der Waals surface area (Å²) in [5, 5.41) is 13.3. The summed E-state index contributed by atoms with van der Waals surface area (Å²) in [7, 11) is 0. The van der Waals surface area contributed by atoms with Crippen molar-refractivity contribution >= 4 is 5.69 Å². The summed E-state index contributed by atoms with van der Waals surface area (Å²) in [5.74, 6) is 0.845. The summed E-state index contributed by atoms with van der Waals surface area (Å²) in [5.41, 5.74) is 7.35. The second kappa shape index (κ2) is 4.41. The number of nitrogens with two attached hydrogens (primary N) is 1. The third-order valence-electron chi connectivity index (χ3n) is 2.54. The number of phenolic OH excluding ortho intramolecular Hbond substituents is 1. The highest BCUT2D eigenvalue weighted by Crippen LogP contribution is 2.23. The van der Waals surface area contributed by atoms with Crippen LogP contribution in [0.3, 0.4) is 0 Å². The molecule has 6 heteroatoms. The number of anilines is 1. The summed E-state index contributed by atoms with van der Waals surface area (Å²) in [6.45, 7) is 0. The van der Waals surface area contributed by atoms with Crippen LogP contribution in [-0.4, -0.2) is 20.2 Å². The molecule has 3 aromatic rings. The van der Waals surface area contributed by atoms with Gasteiger partial charge in [0.05, 0.1) is 11.9 Å². The zero-order chi connectivity index (χ0) is 13.2. The van der Waals surface area contributed by atoms with E-state index in [1.165, 1.54) is 6.20 Å². The summed E-state index contributed by atoms with van der Waals surface area (Å²) in [6.07, 6.45) is 1.52. The van der Waals surface area contributed by atoms with E-state index < -0.39 is 0 Å². The van der Waals surface area contributed by atoms with E-state index in [0.717, 1.165) is 0 Å². The summed E-state index contributed by atoms with van der Waals surface area (Å²) < 4.78 is 5.14. The standard InChI is InChI=1S/C13H10N4O2/c14-9-4-5-11(15-7-9)13-16-12(17-19-13)8-2-1-3-10(18)6-8/h1-7,18H,14H2. The molecular formula is C13H10N4O2. The van der Waals surface area contributed by atoms with E-state index in [9.17, 15) is 5.11 Å². The van der Waals surface area contributed by atoms with Crippen LogP contribution in [0.1, 0.15) is 0 Å². The first-order chi connectivity index (χ1) is 9.22. The molecule has 6 nitrogen and oxygen atoms in total. The minimum atomic E-state index is 0.148. The molecule has 0 aliphatic carbocycles. The number of aromatic hydroxyl groups is 1. The van der Waals surface area contributed by atoms with E-state index in [1.807, 2.05) is 0 Å². The predicted molar refractivity (Wildman–Crippen MR) is 69.0 cm³/mol. The molecule has 1 aromatic carbocycles. The van der Waals surface area contributed by atoms with Gasteiger partial charge < -0.3 is 15.4 Å². The Hall–Kier alpha value is -2.89. The highest BCUT2D eigenvalue weighted by Gasteiger charge is 2.11. The van der Waals surface area contributed by atoms with Gasteiger partial charge in [-0.25, -0.2) is 4.98 Å². The van der Waals surface area contributed by atoms with Crippen molar-refractivity contribution in [3.05, 3.63) is 42.6 Å². The normalized spacial score (nSPS) is 10.5. The third-order valence-corrected chi connectivity index (χ3v) is 2.54. The quantitative estimate of drug-likeness (QED) is 0.726. The van der Waals surface area contributed by atoms with Gasteiger partial charge >= 0.3 is 0 Å². The molecule has 0 bridgehead atoms. The second-order valence-electron chi connectivity index (χ2n) is 3.95. The molecule has 0 aliphatic rings. The van der Waals surface area contributed by atoms with Crippen molar-refractivity contribution in [3.63, 3.8) is 0 Å². The number of pyridine rings is 1. The Kier molecular flexibility index (Phi) is 2.60. The number of nitrogens with zero attached hydrogens (tertiary/aromatic N) is 3. The Morgan fingerprint density at radius 1 is 1.16 bits per heavy atom. The van der Waals surface area contributed by atoms with Gasteiger partial charge in [-0.05, 0) is 24.3 Å². The SMILES string of the molecule is Nc1ccc(-c2nc(-c3cccc(O)c3)no2)nc1. The Bertz CT molecular complexity index is 707. The number of phenols is 1. The van der Waals surface area contributed by atoms with Gasteiger partial charge in [-0.1, -0.05) is 17.3 Å². The van der Waals surface area contributed by atoms with Crippen molar-refractivity contribution in [1.82, 2.24) is 15.1 Å². The van der Waals surface area contributed by atoms with Crippen molar-refractivity contribution in [2.24, 2.45) is 0 Å². The molecule has 0 saturated carbocycles. The van der Waals surface area contributed by atoms with Gasteiger partial charge in [0.25, 0.3) is 5.89 Å². The Morgan fingerprint density at radius 2 is 2.05 bits per heavy atom. The maximum absolute atomic E-state index is 9.42. The largest absolute Gasteiger partial charge is 0.508 e. The first-order valence-corrected chi connectivity index (χ1v) is 5.57. The van der Waals surface area contributed by atoms with Crippen LogP contribution >= 0.6 is 0 Å². The van der Waals surface area contributed by atoms with E-state index in [0.29, 0.717) is 28.7 Å². The lowest BCUT2D eigenvalue weighted by Gasteiger charge is -1.95. The number of hydrogen-bond donors (Lipinski definition) is 2. The molecule has 0 atom stereocenters. The average molecular weight is 254 g/mol. The van der Waals surface area contributed by atoms with Gasteiger partial charge in [-0.15, -0.1) is 0 Å². The fourth-order valence-electron chi connectivity index (χ4n) is 1.62. The van der Waals surface area contributed by atoms with Crippen molar-refractivity contribution in [3.8, 4) is 28.7 Å². The van der Waals surface area contributed by atoms with E-state index in [-0.39, 0.29) is 5.75 Å². The molecule has 0 amide bonds. The fourth-order valence-corrected chi connectivity index (χ4v) is 1.62. The zero-order valence-corrected chi connectivity index (χ0v) is 9.82. The van der Waals surface area contributed by atoms with Crippen LogP contribution in [0.4, 0.5) is 5.69 Å². The first-order valence-electron chi connectivity index (χ1n) is 5.57. The molecule has 0 spiro atoms. The lowest BCUT2D eigenvalue weighted by Crippen LogP contribution is -1.88. The van der Waals surface area contributed by atoms with Crippen LogP contribution in [-0.2, 0) is 0 Å². The maximum atomic E-state index is 9.42. The molecule has 0 saturated heterocycles. The van der Waals surface area contributed by atoms with Crippen molar-refractivity contribution in [2.75, 3.05) is 5.73 Å². The van der Waals surface area contributed by atoms with Crippen LogP contribution < -0.4 is 5.73 Å². The fraction of sp³-hybridized carbons (Fsp3) is 0. The Morgan fingerprint density at radius 3 is 2.79 bits per heavy atom. The molecule has 0 fully saturated rings. The highest BCUT2D eigenvalue weighted by molar-refractivity contribution is 5.59. The van der Waals surface area contributed by atoms with Gasteiger partial charge in [0, 0.05) is 5.56 Å². The molecule has 19 heavy (non-hydrogen) atoms. The second-order valence-corrected chi connectivity index (χ2v) is 3.95. The molecule has 0 unspecified atom stereocenters. The molecular weight excluding hydrogens is 244 g/mol. The first kappa shape index (κ1) is 11.2. The molecule has 3 rings (SSSR count). The summed E-state index contributed by atoms with van der Waals surface area (Å²) in [6, 6.07) is 10.0. The predicted octanol–water partition coefficient (Wildman–Crippen LogP) is 2.09. The molecule has 0 aliphatic heterocycles. The van der Waals surface area contributed by atoms with Gasteiger partial charge in [0.15, 0.2) is 0 Å². The lowest BCUT2D eigenvalue weighted by atomic mass is 10.2. The van der Waals surface area contributed by atoms with Crippen LogP contribution in [0.25, 0.3) is 23.0 Å². The van der Waals surface area contributed by atoms with E-state index in [2.05, 4.69) is 15.1 Å². The Labute approximate surface area is 108 Å². The average Bonchev–Trinajstić information content (AvgIpc) is 2.89. The van der Waals surface area contributed by atoms with Crippen molar-refractivity contribution < 1.29 is 9.63 Å². The Balaban J connectivity index is 1.97. The molecule has 0 radical (unpaired) electrons. The van der Waals surface area contributed by atoms with Crippen LogP contribution in [0.2, 0.25) is 0 Å². The van der Waals surface area contributed by atoms with Crippen LogP contribution in [0, 0.1) is 0 Å². The minimum Gasteiger partial charge on any atom is -0.508 e. The number of aromatic nitrogens is 3. The molecule has 3 N–H and O–H groups in total.